The maximum absolute atomic E-state index is 11.9. The summed E-state index contributed by atoms with van der Waals surface area (Å²) in [6.07, 6.45) is 7.55. The summed E-state index contributed by atoms with van der Waals surface area (Å²) >= 11 is 0. The van der Waals surface area contributed by atoms with Gasteiger partial charge in [0.1, 0.15) is 0 Å². The van der Waals surface area contributed by atoms with Crippen LogP contribution in [0.5, 0.6) is 0 Å². The summed E-state index contributed by atoms with van der Waals surface area (Å²) in [6, 6.07) is 0. The normalized spacial score (nSPS) is 53.5. The van der Waals surface area contributed by atoms with Gasteiger partial charge >= 0.3 is 0 Å². The van der Waals surface area contributed by atoms with Gasteiger partial charge in [-0.15, -0.1) is 0 Å². The molecule has 5 rings (SSSR count). The fourth-order valence-corrected chi connectivity index (χ4v) is 11.0. The third kappa shape index (κ3) is 3.72. The Morgan fingerprint density at radius 2 is 1.40 bits per heavy atom. The van der Waals surface area contributed by atoms with Crippen molar-refractivity contribution in [2.24, 2.45) is 40.4 Å². The number of hydrogen-bond acceptors (Lipinski definition) is 4. The smallest absolute Gasteiger partial charge is 0.192 e. The quantitative estimate of drug-likeness (QED) is 0.404. The number of ether oxygens (including phenoxy) is 2. The highest BCUT2D eigenvalue weighted by Gasteiger charge is 2.72. The molecule has 4 aliphatic carbocycles. The first-order valence-corrected chi connectivity index (χ1v) is 17.5. The van der Waals surface area contributed by atoms with Crippen molar-refractivity contribution >= 4 is 8.32 Å². The zero-order valence-corrected chi connectivity index (χ0v) is 25.5. The van der Waals surface area contributed by atoms with Crippen LogP contribution in [0.2, 0.25) is 18.1 Å². The van der Waals surface area contributed by atoms with Crippen molar-refractivity contribution in [2.45, 2.75) is 149 Å². The van der Waals surface area contributed by atoms with Crippen molar-refractivity contribution in [2.75, 3.05) is 0 Å². The molecule has 0 aromatic rings. The molecule has 4 nitrogen and oxygen atoms in total. The van der Waals surface area contributed by atoms with E-state index in [-0.39, 0.29) is 39.9 Å². The van der Waals surface area contributed by atoms with Crippen LogP contribution in [-0.4, -0.2) is 43.1 Å². The van der Waals surface area contributed by atoms with Crippen molar-refractivity contribution in [1.82, 2.24) is 0 Å². The number of rotatable bonds is 2. The molecule has 5 fully saturated rings. The largest absolute Gasteiger partial charge is 0.413 e. The third-order valence-corrected chi connectivity index (χ3v) is 17.1. The van der Waals surface area contributed by atoms with E-state index in [1.54, 1.807) is 0 Å². The molecular weight excluding hydrogens is 452 g/mol. The van der Waals surface area contributed by atoms with E-state index in [1.807, 2.05) is 0 Å². The summed E-state index contributed by atoms with van der Waals surface area (Å²) < 4.78 is 20.7. The fraction of sp³-hybridized carbons (Fsp3) is 1.00. The van der Waals surface area contributed by atoms with Crippen LogP contribution in [0, 0.1) is 40.4 Å². The second kappa shape index (κ2) is 7.80. The molecule has 5 unspecified atom stereocenters. The van der Waals surface area contributed by atoms with Gasteiger partial charge in [0.15, 0.2) is 14.1 Å². The van der Waals surface area contributed by atoms with Crippen LogP contribution in [0.3, 0.4) is 0 Å². The first-order chi connectivity index (χ1) is 15.9. The zero-order valence-electron chi connectivity index (χ0n) is 24.5. The molecule has 1 aliphatic heterocycles. The summed E-state index contributed by atoms with van der Waals surface area (Å²) in [4.78, 5) is 0. The van der Waals surface area contributed by atoms with E-state index in [0.29, 0.717) is 23.9 Å². The average molecular weight is 507 g/mol. The van der Waals surface area contributed by atoms with E-state index in [4.69, 9.17) is 13.9 Å². The molecule has 11 atom stereocenters. The lowest BCUT2D eigenvalue weighted by molar-refractivity contribution is -0.246. The van der Waals surface area contributed by atoms with Gasteiger partial charge in [0, 0.05) is 5.92 Å². The van der Waals surface area contributed by atoms with Crippen molar-refractivity contribution in [3.05, 3.63) is 0 Å². The molecule has 0 radical (unpaired) electrons. The Kier molecular flexibility index (Phi) is 5.94. The van der Waals surface area contributed by atoms with Crippen molar-refractivity contribution in [3.63, 3.8) is 0 Å². The summed E-state index contributed by atoms with van der Waals surface area (Å²) in [7, 11) is -1.84. The van der Waals surface area contributed by atoms with E-state index in [0.717, 1.165) is 6.42 Å². The van der Waals surface area contributed by atoms with E-state index in [1.165, 1.54) is 32.1 Å². The average Bonchev–Trinajstić information content (AvgIpc) is 3.19. The fourth-order valence-electron chi connectivity index (χ4n) is 9.55. The zero-order chi connectivity index (χ0) is 26.0. The van der Waals surface area contributed by atoms with Crippen LogP contribution in [0.4, 0.5) is 0 Å². The molecule has 0 spiro atoms. The highest BCUT2D eigenvalue weighted by Crippen LogP contribution is 2.70. The van der Waals surface area contributed by atoms with Gasteiger partial charge in [-0.2, -0.15) is 0 Å². The third-order valence-electron chi connectivity index (χ3n) is 12.7. The second-order valence-electron chi connectivity index (χ2n) is 16.0. The Labute approximate surface area is 216 Å². The van der Waals surface area contributed by atoms with E-state index in [2.05, 4.69) is 75.4 Å². The Bertz CT molecular complexity index is 846. The van der Waals surface area contributed by atoms with Gasteiger partial charge in [0.05, 0.1) is 23.9 Å². The Balaban J connectivity index is 1.53. The van der Waals surface area contributed by atoms with Gasteiger partial charge < -0.3 is 19.0 Å². The maximum Gasteiger partial charge on any atom is 0.192 e. The maximum atomic E-state index is 11.9. The minimum absolute atomic E-state index is 0.0308. The molecule has 1 saturated heterocycles. The van der Waals surface area contributed by atoms with E-state index >= 15 is 0 Å². The standard InChI is InChI=1S/C30H54O4Si/c1-18-14-16-29(8)20-15-17-28(7)19(12-13-21(28)34-35(10,11)26(2,3)4)22(20)23-24(25(29)30(18,9)31)33-27(5,6)32-23/h18-25,31H,12-17H2,1-11H3/t18-,19?,20?,21-,22?,23+,24-,25?,28-,29+,30?/m0/s1. The molecule has 1 N–H and O–H groups in total. The predicted octanol–water partition coefficient (Wildman–Crippen LogP) is 7.16. The number of fused-ring (bicyclic) bond motifs is 8. The SMILES string of the molecule is C[C@H]1CC[C@]2(C)C3CC[C@@]4(C)C(CC[C@@H]4O[Si](C)(C)C(C)(C)C)C3[C@H]3OC(C)(C)O[C@@H]3C2C1(C)O. The molecule has 0 aromatic carbocycles. The van der Waals surface area contributed by atoms with Crippen molar-refractivity contribution in [3.8, 4) is 0 Å². The molecule has 0 bridgehead atoms. The van der Waals surface area contributed by atoms with Gasteiger partial charge in [0.25, 0.3) is 0 Å². The Morgan fingerprint density at radius 3 is 2.03 bits per heavy atom. The summed E-state index contributed by atoms with van der Waals surface area (Å²) in [5, 5.41) is 12.2. The van der Waals surface area contributed by atoms with Crippen LogP contribution < -0.4 is 0 Å². The molecule has 4 saturated carbocycles. The van der Waals surface area contributed by atoms with Crippen LogP contribution >= 0.6 is 0 Å². The Morgan fingerprint density at radius 1 is 0.829 bits per heavy atom. The minimum Gasteiger partial charge on any atom is -0.413 e. The monoisotopic (exact) mass is 506 g/mol. The molecule has 35 heavy (non-hydrogen) atoms. The van der Waals surface area contributed by atoms with Gasteiger partial charge in [-0.1, -0.05) is 41.5 Å². The minimum atomic E-state index is -1.84. The van der Waals surface area contributed by atoms with Gasteiger partial charge in [-0.3, -0.25) is 0 Å². The van der Waals surface area contributed by atoms with Crippen LogP contribution in [0.1, 0.15) is 101 Å². The summed E-state index contributed by atoms with van der Waals surface area (Å²) in [5.41, 5.74) is -0.439. The van der Waals surface area contributed by atoms with Gasteiger partial charge in [-0.25, -0.2) is 0 Å². The summed E-state index contributed by atoms with van der Waals surface area (Å²) in [6.45, 7) is 25.5. The van der Waals surface area contributed by atoms with E-state index in [9.17, 15) is 5.11 Å². The van der Waals surface area contributed by atoms with Crippen molar-refractivity contribution in [1.29, 1.82) is 0 Å². The molecule has 0 amide bonds. The molecule has 1 heterocycles. The van der Waals surface area contributed by atoms with Crippen molar-refractivity contribution < 1.29 is 19.0 Å². The highest BCUT2D eigenvalue weighted by molar-refractivity contribution is 6.74. The molecule has 5 heteroatoms. The number of aliphatic hydroxyl groups is 1. The topological polar surface area (TPSA) is 47.9 Å². The first kappa shape index (κ1) is 26.7. The summed E-state index contributed by atoms with van der Waals surface area (Å²) in [5.74, 6) is 1.48. The lowest BCUT2D eigenvalue weighted by atomic mass is 9.41. The molecule has 202 valence electrons. The molecular formula is C30H54O4Si. The molecule has 0 aromatic heterocycles. The lowest BCUT2D eigenvalue weighted by Gasteiger charge is -2.66. The second-order valence-corrected chi connectivity index (χ2v) is 20.7. The van der Waals surface area contributed by atoms with Gasteiger partial charge in [0.2, 0.25) is 0 Å². The number of hydrogen-bond donors (Lipinski definition) is 1. The molecule has 5 aliphatic rings. The van der Waals surface area contributed by atoms with Crippen LogP contribution in [0.25, 0.3) is 0 Å². The van der Waals surface area contributed by atoms with E-state index < -0.39 is 19.7 Å². The van der Waals surface area contributed by atoms with Crippen LogP contribution in [-0.2, 0) is 13.9 Å². The van der Waals surface area contributed by atoms with Gasteiger partial charge in [-0.05, 0) is 112 Å². The lowest BCUT2D eigenvalue weighted by Crippen LogP contribution is -2.69. The highest BCUT2D eigenvalue weighted by atomic mass is 28.4. The predicted molar refractivity (Wildman–Crippen MR) is 144 cm³/mol. The Hall–Kier alpha value is 0.0569. The van der Waals surface area contributed by atoms with Crippen LogP contribution in [0.15, 0.2) is 0 Å². The first-order valence-electron chi connectivity index (χ1n) is 14.6.